The quantitative estimate of drug-likeness (QED) is 0.763. The van der Waals surface area contributed by atoms with Gasteiger partial charge in [0.1, 0.15) is 0 Å². The molecule has 2 unspecified atom stereocenters. The van der Waals surface area contributed by atoms with E-state index in [4.69, 9.17) is 0 Å². The van der Waals surface area contributed by atoms with Crippen molar-refractivity contribution in [2.75, 3.05) is 26.2 Å². The molecule has 2 amide bonds. The van der Waals surface area contributed by atoms with Gasteiger partial charge >= 0.3 is 6.03 Å². The average molecular weight is 284 g/mol. The first-order valence-corrected chi connectivity index (χ1v) is 7.97. The van der Waals surface area contributed by atoms with Crippen LogP contribution in [0.15, 0.2) is 0 Å². The number of nitrogens with one attached hydrogen (secondary N) is 1. The van der Waals surface area contributed by atoms with Crippen LogP contribution in [0.1, 0.15) is 53.4 Å². The minimum Gasteiger partial charge on any atom is -0.396 e. The first kappa shape index (κ1) is 17.3. The Morgan fingerprint density at radius 2 is 2.05 bits per heavy atom. The first-order chi connectivity index (χ1) is 9.34. The molecule has 1 fully saturated rings. The molecule has 0 bridgehead atoms. The Balaban J connectivity index is 2.28. The summed E-state index contributed by atoms with van der Waals surface area (Å²) in [7, 11) is 0. The topological polar surface area (TPSA) is 52.6 Å². The zero-order valence-electron chi connectivity index (χ0n) is 13.6. The summed E-state index contributed by atoms with van der Waals surface area (Å²) in [4.78, 5) is 14.1. The normalized spacial score (nSPS) is 24.4. The van der Waals surface area contributed by atoms with Crippen LogP contribution in [-0.4, -0.2) is 42.3 Å². The molecular formula is C16H32N2O2. The molecule has 4 nitrogen and oxygen atoms in total. The fourth-order valence-corrected chi connectivity index (χ4v) is 2.86. The van der Waals surface area contributed by atoms with Crippen molar-refractivity contribution in [3.8, 4) is 0 Å². The monoisotopic (exact) mass is 284 g/mol. The van der Waals surface area contributed by atoms with Gasteiger partial charge in [-0.15, -0.1) is 0 Å². The van der Waals surface area contributed by atoms with Gasteiger partial charge in [-0.2, -0.15) is 0 Å². The highest BCUT2D eigenvalue weighted by atomic mass is 16.3. The van der Waals surface area contributed by atoms with E-state index >= 15 is 0 Å². The Hall–Kier alpha value is -0.770. The summed E-state index contributed by atoms with van der Waals surface area (Å²) in [6.45, 7) is 11.2. The van der Waals surface area contributed by atoms with Gasteiger partial charge in [-0.05, 0) is 42.9 Å². The molecule has 0 aromatic rings. The Morgan fingerprint density at radius 1 is 1.35 bits per heavy atom. The van der Waals surface area contributed by atoms with Crippen molar-refractivity contribution in [3.05, 3.63) is 0 Å². The molecule has 1 heterocycles. The number of hydrogen-bond acceptors (Lipinski definition) is 2. The lowest BCUT2D eigenvalue weighted by Crippen LogP contribution is -2.42. The minimum absolute atomic E-state index is 0.0444. The van der Waals surface area contributed by atoms with Crippen molar-refractivity contribution in [2.24, 2.45) is 17.3 Å². The molecule has 2 atom stereocenters. The van der Waals surface area contributed by atoms with E-state index in [2.05, 4.69) is 19.2 Å². The molecule has 1 aliphatic rings. The second-order valence-corrected chi connectivity index (χ2v) is 7.34. The summed E-state index contributed by atoms with van der Waals surface area (Å²) in [5, 5.41) is 12.2. The summed E-state index contributed by atoms with van der Waals surface area (Å²) in [5.74, 6) is 1.31. The van der Waals surface area contributed by atoms with Crippen LogP contribution in [0.3, 0.4) is 0 Å². The van der Waals surface area contributed by atoms with Crippen molar-refractivity contribution in [3.63, 3.8) is 0 Å². The maximum Gasteiger partial charge on any atom is 0.317 e. The number of carbonyl (C=O) groups excluding carboxylic acids is 1. The number of nitrogens with zero attached hydrogens (tertiary/aromatic N) is 1. The lowest BCUT2D eigenvalue weighted by Gasteiger charge is -2.24. The number of rotatable bonds is 5. The van der Waals surface area contributed by atoms with E-state index in [-0.39, 0.29) is 18.1 Å². The van der Waals surface area contributed by atoms with E-state index in [0.29, 0.717) is 18.4 Å². The molecule has 1 rings (SSSR count). The molecular weight excluding hydrogens is 252 g/mol. The van der Waals surface area contributed by atoms with Crippen molar-refractivity contribution in [2.45, 2.75) is 53.4 Å². The predicted molar refractivity (Wildman–Crippen MR) is 82.6 cm³/mol. The number of hydrogen-bond donors (Lipinski definition) is 2. The SMILES string of the molecule is CC1CCN(C(=O)NCCCC(C)(C)CO)CC(C)C1. The lowest BCUT2D eigenvalue weighted by molar-refractivity contribution is 0.147. The van der Waals surface area contributed by atoms with Crippen molar-refractivity contribution in [1.82, 2.24) is 10.2 Å². The highest BCUT2D eigenvalue weighted by Crippen LogP contribution is 2.22. The maximum atomic E-state index is 12.2. The van der Waals surface area contributed by atoms with E-state index in [1.807, 2.05) is 18.7 Å². The number of amides is 2. The average Bonchev–Trinajstić information content (AvgIpc) is 2.55. The second kappa shape index (κ2) is 7.87. The molecule has 1 saturated heterocycles. The Labute approximate surface area is 123 Å². The third-order valence-electron chi connectivity index (χ3n) is 4.25. The molecule has 0 aromatic carbocycles. The van der Waals surface area contributed by atoms with Gasteiger partial charge in [0, 0.05) is 26.2 Å². The smallest absolute Gasteiger partial charge is 0.317 e. The van der Waals surface area contributed by atoms with E-state index in [1.165, 1.54) is 6.42 Å². The van der Waals surface area contributed by atoms with Gasteiger partial charge in [-0.1, -0.05) is 27.7 Å². The first-order valence-electron chi connectivity index (χ1n) is 7.97. The summed E-state index contributed by atoms with van der Waals surface area (Å²) in [5.41, 5.74) is -0.0444. The van der Waals surface area contributed by atoms with Crippen LogP contribution in [0.4, 0.5) is 4.79 Å². The fourth-order valence-electron chi connectivity index (χ4n) is 2.86. The van der Waals surface area contributed by atoms with E-state index in [0.717, 1.165) is 32.4 Å². The van der Waals surface area contributed by atoms with E-state index in [9.17, 15) is 9.90 Å². The van der Waals surface area contributed by atoms with Crippen LogP contribution in [0.25, 0.3) is 0 Å². The molecule has 1 aliphatic heterocycles. The van der Waals surface area contributed by atoms with E-state index in [1.54, 1.807) is 0 Å². The van der Waals surface area contributed by atoms with Crippen LogP contribution in [0.2, 0.25) is 0 Å². The predicted octanol–water partition coefficient (Wildman–Crippen LogP) is 2.86. The number of aliphatic hydroxyl groups is 1. The van der Waals surface area contributed by atoms with Gasteiger partial charge in [-0.25, -0.2) is 4.79 Å². The molecule has 0 aliphatic carbocycles. The zero-order valence-corrected chi connectivity index (χ0v) is 13.6. The number of likely N-dealkylation sites (tertiary alicyclic amines) is 1. The van der Waals surface area contributed by atoms with Gasteiger partial charge in [0.2, 0.25) is 0 Å². The van der Waals surface area contributed by atoms with Gasteiger partial charge < -0.3 is 15.3 Å². The van der Waals surface area contributed by atoms with Crippen LogP contribution >= 0.6 is 0 Å². The van der Waals surface area contributed by atoms with E-state index < -0.39 is 0 Å². The van der Waals surface area contributed by atoms with Crippen molar-refractivity contribution in [1.29, 1.82) is 0 Å². The molecule has 20 heavy (non-hydrogen) atoms. The maximum absolute atomic E-state index is 12.2. The molecule has 4 heteroatoms. The van der Waals surface area contributed by atoms with Crippen molar-refractivity contribution >= 4 is 6.03 Å². The molecule has 0 saturated carbocycles. The van der Waals surface area contributed by atoms with Gasteiger partial charge in [-0.3, -0.25) is 0 Å². The van der Waals surface area contributed by atoms with Crippen LogP contribution < -0.4 is 5.32 Å². The largest absolute Gasteiger partial charge is 0.396 e. The Morgan fingerprint density at radius 3 is 2.70 bits per heavy atom. The molecule has 0 aromatic heterocycles. The van der Waals surface area contributed by atoms with Gasteiger partial charge in [0.05, 0.1) is 0 Å². The third-order valence-corrected chi connectivity index (χ3v) is 4.25. The van der Waals surface area contributed by atoms with Crippen LogP contribution in [0, 0.1) is 17.3 Å². The second-order valence-electron chi connectivity index (χ2n) is 7.34. The Kier molecular flexibility index (Phi) is 6.80. The zero-order chi connectivity index (χ0) is 15.2. The van der Waals surface area contributed by atoms with Crippen LogP contribution in [-0.2, 0) is 0 Å². The fraction of sp³-hybridized carbons (Fsp3) is 0.938. The summed E-state index contributed by atoms with van der Waals surface area (Å²) in [6, 6.07) is 0.0766. The standard InChI is InChI=1S/C16H32N2O2/c1-13-6-9-18(11-14(2)10-13)15(20)17-8-5-7-16(3,4)12-19/h13-14,19H,5-12H2,1-4H3,(H,17,20). The summed E-state index contributed by atoms with van der Waals surface area (Å²) < 4.78 is 0. The number of urea groups is 1. The van der Waals surface area contributed by atoms with Crippen molar-refractivity contribution < 1.29 is 9.90 Å². The van der Waals surface area contributed by atoms with Gasteiger partial charge in [0.25, 0.3) is 0 Å². The highest BCUT2D eigenvalue weighted by Gasteiger charge is 2.22. The molecule has 118 valence electrons. The number of aliphatic hydroxyl groups excluding tert-OH is 1. The van der Waals surface area contributed by atoms with Crippen LogP contribution in [0.5, 0.6) is 0 Å². The summed E-state index contributed by atoms with van der Waals surface area (Å²) >= 11 is 0. The lowest BCUT2D eigenvalue weighted by atomic mass is 9.89. The summed E-state index contributed by atoms with van der Waals surface area (Å²) in [6.07, 6.45) is 4.17. The van der Waals surface area contributed by atoms with Gasteiger partial charge in [0.15, 0.2) is 0 Å². The highest BCUT2D eigenvalue weighted by molar-refractivity contribution is 5.74. The minimum atomic E-state index is -0.0444. The molecule has 0 spiro atoms. The number of carbonyl (C=O) groups is 1. The molecule has 2 N–H and O–H groups in total. The molecule has 0 radical (unpaired) electrons. The Bertz CT molecular complexity index is 305. The third kappa shape index (κ3) is 6.12.